The van der Waals surface area contributed by atoms with E-state index < -0.39 is 11.9 Å². The van der Waals surface area contributed by atoms with E-state index in [1.54, 1.807) is 0 Å². The number of nitrogens with one attached hydrogen (secondary N) is 1. The second-order valence-corrected chi connectivity index (χ2v) is 16.9. The van der Waals surface area contributed by atoms with Crippen molar-refractivity contribution in [2.75, 3.05) is 19.6 Å². The number of carboxylic acid groups (broad SMARTS) is 2. The minimum absolute atomic E-state index is 0.332. The van der Waals surface area contributed by atoms with Gasteiger partial charge < -0.3 is 21.3 Å². The van der Waals surface area contributed by atoms with Gasteiger partial charge >= 0.3 is 11.9 Å². The second-order valence-electron chi connectivity index (χ2n) is 16.9. The topological polar surface area (TPSA) is 113 Å². The second kappa shape index (κ2) is 59.7. The number of nitrogens with two attached hydrogens (primary N) is 1. The van der Waals surface area contributed by atoms with Crippen LogP contribution in [0.3, 0.4) is 0 Å². The monoisotopic (exact) mass is 821 g/mol. The Kier molecular flexibility index (Phi) is 62.4. The first-order valence-corrected chi connectivity index (χ1v) is 25.6. The number of carboxylic acids is 2. The van der Waals surface area contributed by atoms with E-state index in [1.807, 2.05) is 0 Å². The van der Waals surface area contributed by atoms with E-state index in [4.69, 9.17) is 15.9 Å². The lowest BCUT2D eigenvalue weighted by molar-refractivity contribution is -0.138. The van der Waals surface area contributed by atoms with Gasteiger partial charge in [-0.15, -0.1) is 0 Å². The van der Waals surface area contributed by atoms with Gasteiger partial charge in [-0.1, -0.05) is 218 Å². The molecule has 0 aliphatic rings. The Morgan fingerprint density at radius 1 is 0.362 bits per heavy atom. The number of allylic oxidation sites excluding steroid dienone is 4. The molecule has 346 valence electrons. The molecule has 0 rings (SSSR count). The average Bonchev–Trinajstić information content (AvgIpc) is 3.21. The summed E-state index contributed by atoms with van der Waals surface area (Å²) in [5.74, 6) is -1.33. The maximum absolute atomic E-state index is 10.3. The van der Waals surface area contributed by atoms with Gasteiger partial charge in [0.1, 0.15) is 0 Å². The summed E-state index contributed by atoms with van der Waals surface area (Å²) in [7, 11) is 0. The van der Waals surface area contributed by atoms with E-state index in [2.05, 4.69) is 50.4 Å². The maximum atomic E-state index is 10.3. The van der Waals surface area contributed by atoms with Crippen LogP contribution in [0.2, 0.25) is 0 Å². The molecule has 0 radical (unpaired) electrons. The zero-order valence-electron chi connectivity index (χ0n) is 39.5. The summed E-state index contributed by atoms with van der Waals surface area (Å²) in [5.41, 5.74) is 5.41. The van der Waals surface area contributed by atoms with Crippen molar-refractivity contribution in [3.05, 3.63) is 24.3 Å². The Bertz CT molecular complexity index is 749. The third-order valence-corrected chi connectivity index (χ3v) is 10.8. The van der Waals surface area contributed by atoms with Crippen molar-refractivity contribution in [3.63, 3.8) is 0 Å². The van der Waals surface area contributed by atoms with Gasteiger partial charge in [-0.2, -0.15) is 0 Å². The average molecular weight is 821 g/mol. The van der Waals surface area contributed by atoms with Gasteiger partial charge in [0.2, 0.25) is 0 Å². The van der Waals surface area contributed by atoms with Crippen LogP contribution in [-0.4, -0.2) is 41.8 Å². The third-order valence-electron chi connectivity index (χ3n) is 10.8. The van der Waals surface area contributed by atoms with Crippen molar-refractivity contribution in [3.8, 4) is 0 Å². The minimum Gasteiger partial charge on any atom is -0.481 e. The molecule has 58 heavy (non-hydrogen) atoms. The van der Waals surface area contributed by atoms with Gasteiger partial charge in [-0.05, 0) is 77.2 Å². The SMILES string of the molecule is CCCCCCCC/C=C\CCCCCCCC(=O)O.CCCCCCCC/C=C\CCCCCCCC(=O)O.CCCCCCCCCCCCCCNCCN. The Morgan fingerprint density at radius 3 is 0.862 bits per heavy atom. The van der Waals surface area contributed by atoms with E-state index in [-0.39, 0.29) is 0 Å². The summed E-state index contributed by atoms with van der Waals surface area (Å²) in [5, 5.41) is 20.4. The summed E-state index contributed by atoms with van der Waals surface area (Å²) in [4.78, 5) is 20.6. The van der Waals surface area contributed by atoms with Crippen LogP contribution >= 0.6 is 0 Å². The number of aliphatic carboxylic acids is 2. The highest BCUT2D eigenvalue weighted by atomic mass is 16.4. The zero-order chi connectivity index (χ0) is 43.1. The molecule has 0 aromatic rings. The fraction of sp³-hybridized carbons (Fsp3) is 0.885. The van der Waals surface area contributed by atoms with Crippen LogP contribution in [0.1, 0.15) is 278 Å². The molecule has 0 saturated carbocycles. The van der Waals surface area contributed by atoms with E-state index in [1.165, 1.54) is 218 Å². The Balaban J connectivity index is -0.000000784. The Morgan fingerprint density at radius 2 is 0.603 bits per heavy atom. The van der Waals surface area contributed by atoms with Crippen LogP contribution < -0.4 is 11.1 Å². The number of unbranched alkanes of at least 4 members (excludes halogenated alkanes) is 33. The molecule has 0 atom stereocenters. The molecule has 5 N–H and O–H groups in total. The van der Waals surface area contributed by atoms with Crippen molar-refractivity contribution < 1.29 is 19.8 Å². The van der Waals surface area contributed by atoms with E-state index in [9.17, 15) is 9.59 Å². The quantitative estimate of drug-likeness (QED) is 0.0359. The van der Waals surface area contributed by atoms with Crippen LogP contribution in [0.5, 0.6) is 0 Å². The highest BCUT2D eigenvalue weighted by Crippen LogP contribution is 2.13. The van der Waals surface area contributed by atoms with E-state index in [0.29, 0.717) is 12.8 Å². The first-order chi connectivity index (χ1) is 28.5. The molecular formula is C52H104N2O4. The maximum Gasteiger partial charge on any atom is 0.303 e. The molecule has 0 aliphatic carbocycles. The normalized spacial score (nSPS) is 11.2. The van der Waals surface area contributed by atoms with Gasteiger partial charge in [-0.25, -0.2) is 0 Å². The lowest BCUT2D eigenvalue weighted by Crippen LogP contribution is -2.23. The molecular weight excluding hydrogens is 717 g/mol. The van der Waals surface area contributed by atoms with Crippen molar-refractivity contribution >= 4 is 11.9 Å². The number of hydrogen-bond acceptors (Lipinski definition) is 4. The molecule has 0 saturated heterocycles. The predicted octanol–water partition coefficient (Wildman–Crippen LogP) is 16.5. The third kappa shape index (κ3) is 69.0. The van der Waals surface area contributed by atoms with Crippen molar-refractivity contribution in [1.82, 2.24) is 5.32 Å². The van der Waals surface area contributed by atoms with E-state index >= 15 is 0 Å². The van der Waals surface area contributed by atoms with Gasteiger partial charge in [0, 0.05) is 25.9 Å². The summed E-state index contributed by atoms with van der Waals surface area (Å²) >= 11 is 0. The molecule has 0 amide bonds. The van der Waals surface area contributed by atoms with Crippen LogP contribution in [-0.2, 0) is 9.59 Å². The number of carbonyl (C=O) groups is 2. The molecule has 0 fully saturated rings. The number of rotatable bonds is 45. The van der Waals surface area contributed by atoms with E-state index in [0.717, 1.165) is 45.3 Å². The van der Waals surface area contributed by atoms with Gasteiger partial charge in [-0.3, -0.25) is 9.59 Å². The van der Waals surface area contributed by atoms with Gasteiger partial charge in [0.25, 0.3) is 0 Å². The Labute approximate surface area is 363 Å². The van der Waals surface area contributed by atoms with Gasteiger partial charge in [0.15, 0.2) is 0 Å². The fourth-order valence-corrected chi connectivity index (χ4v) is 7.01. The summed E-state index contributed by atoms with van der Waals surface area (Å²) < 4.78 is 0. The molecule has 0 spiro atoms. The first-order valence-electron chi connectivity index (χ1n) is 25.6. The zero-order valence-corrected chi connectivity index (χ0v) is 39.5. The minimum atomic E-state index is -0.664. The summed E-state index contributed by atoms with van der Waals surface area (Å²) in [6.07, 6.45) is 59.6. The lowest BCUT2D eigenvalue weighted by Gasteiger charge is -2.04. The predicted molar refractivity (Wildman–Crippen MR) is 257 cm³/mol. The summed E-state index contributed by atoms with van der Waals surface area (Å²) in [6, 6.07) is 0. The first kappa shape index (κ1) is 60.6. The van der Waals surface area contributed by atoms with Crippen molar-refractivity contribution in [2.45, 2.75) is 278 Å². The summed E-state index contributed by atoms with van der Waals surface area (Å²) in [6.45, 7) is 9.68. The Hall–Kier alpha value is -1.66. The molecule has 0 aromatic carbocycles. The molecule has 0 unspecified atom stereocenters. The standard InChI is InChI=1S/2C18H34O2.C16H36N2/c2*1-2-3-4-5-6-7-8-9-10-11-12-13-14-15-16-17-18(19)20;1-2-3-4-5-6-7-8-9-10-11-12-13-15-18-16-14-17/h2*9-10H,2-8,11-17H2,1H3,(H,19,20);18H,2-17H2,1H3/b2*10-9-;. The van der Waals surface area contributed by atoms with Crippen LogP contribution in [0.4, 0.5) is 0 Å². The van der Waals surface area contributed by atoms with Crippen LogP contribution in [0.15, 0.2) is 24.3 Å². The van der Waals surface area contributed by atoms with Gasteiger partial charge in [0.05, 0.1) is 0 Å². The molecule has 6 nitrogen and oxygen atoms in total. The van der Waals surface area contributed by atoms with Crippen LogP contribution in [0.25, 0.3) is 0 Å². The van der Waals surface area contributed by atoms with Crippen molar-refractivity contribution in [2.24, 2.45) is 5.73 Å². The highest BCUT2D eigenvalue weighted by Gasteiger charge is 1.98. The lowest BCUT2D eigenvalue weighted by atomic mass is 10.1. The smallest absolute Gasteiger partial charge is 0.303 e. The van der Waals surface area contributed by atoms with Crippen molar-refractivity contribution in [1.29, 1.82) is 0 Å². The largest absolute Gasteiger partial charge is 0.481 e. The molecule has 0 bridgehead atoms. The molecule has 0 heterocycles. The molecule has 0 aliphatic heterocycles. The fourth-order valence-electron chi connectivity index (χ4n) is 7.01. The highest BCUT2D eigenvalue weighted by molar-refractivity contribution is 5.66. The van der Waals surface area contributed by atoms with Crippen LogP contribution in [0, 0.1) is 0 Å². The molecule has 6 heteroatoms. The number of hydrogen-bond donors (Lipinski definition) is 4. The molecule has 0 aromatic heterocycles.